The topological polar surface area (TPSA) is 17.8 Å². The fourth-order valence-corrected chi connectivity index (χ4v) is 3.56. The summed E-state index contributed by atoms with van der Waals surface area (Å²) in [6.07, 6.45) is 3.71. The molecule has 27 heavy (non-hydrogen) atoms. The third-order valence-electron chi connectivity index (χ3n) is 4.68. The van der Waals surface area contributed by atoms with E-state index >= 15 is 0 Å². The minimum atomic E-state index is 1.13. The fraction of sp³-hybridized carbons (Fsp3) is 0.0800. The molecule has 0 amide bonds. The molecule has 0 atom stereocenters. The lowest BCUT2D eigenvalue weighted by Gasteiger charge is -2.10. The smallest absolute Gasteiger partial charge is 0.0541 e. The molecule has 0 saturated carbocycles. The molecule has 0 N–H and O–H groups in total. The SMILES string of the molecule is CC.c1cncc(-c2cccc(-n3c4ccccc4c4ccccc43)c2)c1. The van der Waals surface area contributed by atoms with Crippen LogP contribution in [0, 0.1) is 0 Å². The summed E-state index contributed by atoms with van der Waals surface area (Å²) in [6.45, 7) is 4.00. The molecule has 132 valence electrons. The third-order valence-corrected chi connectivity index (χ3v) is 4.68. The molecule has 0 saturated heterocycles. The Bertz CT molecular complexity index is 1130. The minimum absolute atomic E-state index is 1.13. The second-order valence-electron chi connectivity index (χ2n) is 6.16. The zero-order valence-electron chi connectivity index (χ0n) is 15.6. The van der Waals surface area contributed by atoms with Crippen molar-refractivity contribution in [1.29, 1.82) is 0 Å². The van der Waals surface area contributed by atoms with Gasteiger partial charge in [-0.3, -0.25) is 4.98 Å². The Kier molecular flexibility index (Phi) is 4.71. The first kappa shape index (κ1) is 17.0. The highest BCUT2D eigenvalue weighted by atomic mass is 15.0. The van der Waals surface area contributed by atoms with Crippen LogP contribution < -0.4 is 0 Å². The first-order chi connectivity index (χ1) is 13.4. The van der Waals surface area contributed by atoms with Gasteiger partial charge in [0.1, 0.15) is 0 Å². The zero-order chi connectivity index (χ0) is 18.6. The maximum atomic E-state index is 4.25. The summed E-state index contributed by atoms with van der Waals surface area (Å²) < 4.78 is 2.34. The molecule has 0 unspecified atom stereocenters. The Morgan fingerprint density at radius 2 is 1.26 bits per heavy atom. The predicted molar refractivity (Wildman–Crippen MR) is 115 cm³/mol. The summed E-state index contributed by atoms with van der Waals surface area (Å²) in [4.78, 5) is 4.25. The molecule has 5 rings (SSSR count). The van der Waals surface area contributed by atoms with Crippen molar-refractivity contribution in [1.82, 2.24) is 9.55 Å². The van der Waals surface area contributed by atoms with Gasteiger partial charge in [-0.2, -0.15) is 0 Å². The Labute approximate surface area is 159 Å². The molecule has 0 aliphatic carbocycles. The van der Waals surface area contributed by atoms with Gasteiger partial charge in [-0.15, -0.1) is 0 Å². The maximum Gasteiger partial charge on any atom is 0.0541 e. The number of aromatic nitrogens is 2. The van der Waals surface area contributed by atoms with Crippen LogP contribution in [0.4, 0.5) is 0 Å². The monoisotopic (exact) mass is 350 g/mol. The number of fused-ring (bicyclic) bond motifs is 3. The predicted octanol–water partition coefficient (Wildman–Crippen LogP) is 6.87. The van der Waals surface area contributed by atoms with E-state index in [9.17, 15) is 0 Å². The van der Waals surface area contributed by atoms with Gasteiger partial charge < -0.3 is 4.57 Å². The number of para-hydroxylation sites is 2. The van der Waals surface area contributed by atoms with E-state index in [-0.39, 0.29) is 0 Å². The van der Waals surface area contributed by atoms with Crippen molar-refractivity contribution < 1.29 is 0 Å². The van der Waals surface area contributed by atoms with E-state index in [4.69, 9.17) is 0 Å². The average Bonchev–Trinajstić information content (AvgIpc) is 3.10. The van der Waals surface area contributed by atoms with Crippen molar-refractivity contribution in [2.75, 3.05) is 0 Å². The molecule has 2 heterocycles. The molecule has 0 radical (unpaired) electrons. The highest BCUT2D eigenvalue weighted by Gasteiger charge is 2.11. The summed E-state index contributed by atoms with van der Waals surface area (Å²) in [5.74, 6) is 0. The highest BCUT2D eigenvalue weighted by Crippen LogP contribution is 2.32. The number of hydrogen-bond acceptors (Lipinski definition) is 1. The summed E-state index contributed by atoms with van der Waals surface area (Å²) in [7, 11) is 0. The molecule has 2 nitrogen and oxygen atoms in total. The molecule has 2 aromatic heterocycles. The summed E-state index contributed by atoms with van der Waals surface area (Å²) >= 11 is 0. The fourth-order valence-electron chi connectivity index (χ4n) is 3.56. The van der Waals surface area contributed by atoms with E-state index in [1.54, 1.807) is 6.20 Å². The maximum absolute atomic E-state index is 4.25. The largest absolute Gasteiger partial charge is 0.309 e. The van der Waals surface area contributed by atoms with Gasteiger partial charge in [0, 0.05) is 34.4 Å². The van der Waals surface area contributed by atoms with Crippen LogP contribution in [0.5, 0.6) is 0 Å². The molecular weight excluding hydrogens is 328 g/mol. The molecule has 0 aliphatic rings. The van der Waals surface area contributed by atoms with E-state index < -0.39 is 0 Å². The van der Waals surface area contributed by atoms with Gasteiger partial charge in [-0.1, -0.05) is 68.4 Å². The van der Waals surface area contributed by atoms with Gasteiger partial charge in [0.25, 0.3) is 0 Å². The van der Waals surface area contributed by atoms with Crippen molar-refractivity contribution in [2.45, 2.75) is 13.8 Å². The lowest BCUT2D eigenvalue weighted by molar-refractivity contribution is 1.18. The molecule has 0 aliphatic heterocycles. The Morgan fingerprint density at radius 1 is 0.630 bits per heavy atom. The first-order valence-corrected chi connectivity index (χ1v) is 9.41. The van der Waals surface area contributed by atoms with Crippen LogP contribution in [0.2, 0.25) is 0 Å². The molecule has 0 bridgehead atoms. The van der Waals surface area contributed by atoms with Gasteiger partial charge in [0.05, 0.1) is 11.0 Å². The van der Waals surface area contributed by atoms with Crippen LogP contribution in [-0.2, 0) is 0 Å². The normalized spacial score (nSPS) is 10.6. The number of pyridine rings is 1. The van der Waals surface area contributed by atoms with Crippen LogP contribution in [0.3, 0.4) is 0 Å². The van der Waals surface area contributed by atoms with E-state index in [1.165, 1.54) is 33.1 Å². The third kappa shape index (κ3) is 3.00. The van der Waals surface area contributed by atoms with Crippen LogP contribution in [0.15, 0.2) is 97.3 Å². The lowest BCUT2D eigenvalue weighted by Crippen LogP contribution is -1.94. The summed E-state index contributed by atoms with van der Waals surface area (Å²) in [6, 6.07) is 29.9. The van der Waals surface area contributed by atoms with E-state index in [1.807, 2.05) is 26.1 Å². The van der Waals surface area contributed by atoms with Gasteiger partial charge in [-0.25, -0.2) is 0 Å². The second-order valence-corrected chi connectivity index (χ2v) is 6.16. The van der Waals surface area contributed by atoms with Crippen LogP contribution in [0.1, 0.15) is 13.8 Å². The van der Waals surface area contributed by atoms with Crippen molar-refractivity contribution in [3.05, 3.63) is 97.3 Å². The first-order valence-electron chi connectivity index (χ1n) is 9.41. The Balaban J connectivity index is 0.000000872. The van der Waals surface area contributed by atoms with Gasteiger partial charge in [0.2, 0.25) is 0 Å². The number of rotatable bonds is 2. The summed E-state index contributed by atoms with van der Waals surface area (Å²) in [5, 5.41) is 2.56. The molecule has 2 heteroatoms. The molecule has 3 aromatic carbocycles. The average molecular weight is 350 g/mol. The lowest BCUT2D eigenvalue weighted by atomic mass is 10.1. The quantitative estimate of drug-likeness (QED) is 0.339. The van der Waals surface area contributed by atoms with Crippen molar-refractivity contribution in [3.63, 3.8) is 0 Å². The zero-order valence-corrected chi connectivity index (χ0v) is 15.6. The van der Waals surface area contributed by atoms with E-state index in [0.717, 1.165) is 5.56 Å². The van der Waals surface area contributed by atoms with Gasteiger partial charge in [0.15, 0.2) is 0 Å². The molecule has 0 spiro atoms. The van der Waals surface area contributed by atoms with E-state index in [0.29, 0.717) is 0 Å². The molecular formula is C25H22N2. The molecule has 0 fully saturated rings. The Hall–Kier alpha value is -3.39. The standard InChI is InChI=1S/C23H16N2.C2H6/c1-3-12-22-20(10-1)21-11-2-4-13-23(21)25(22)19-9-5-7-17(15-19)18-8-6-14-24-16-18;1-2/h1-16H;1-2H3. The van der Waals surface area contributed by atoms with Crippen molar-refractivity contribution in [3.8, 4) is 16.8 Å². The van der Waals surface area contributed by atoms with Crippen molar-refractivity contribution in [2.24, 2.45) is 0 Å². The minimum Gasteiger partial charge on any atom is -0.309 e. The molecule has 5 aromatic rings. The summed E-state index contributed by atoms with van der Waals surface area (Å²) in [5.41, 5.74) is 5.93. The Morgan fingerprint density at radius 3 is 1.89 bits per heavy atom. The second kappa shape index (κ2) is 7.46. The van der Waals surface area contributed by atoms with Gasteiger partial charge >= 0.3 is 0 Å². The van der Waals surface area contributed by atoms with Crippen molar-refractivity contribution >= 4 is 21.8 Å². The number of hydrogen-bond donors (Lipinski definition) is 0. The van der Waals surface area contributed by atoms with Crippen LogP contribution in [0.25, 0.3) is 38.6 Å². The van der Waals surface area contributed by atoms with E-state index in [2.05, 4.69) is 88.4 Å². The highest BCUT2D eigenvalue weighted by molar-refractivity contribution is 6.09. The van der Waals surface area contributed by atoms with Crippen LogP contribution in [-0.4, -0.2) is 9.55 Å². The van der Waals surface area contributed by atoms with Crippen LogP contribution >= 0.6 is 0 Å². The number of benzene rings is 3. The number of nitrogens with zero attached hydrogens (tertiary/aromatic N) is 2. The van der Waals surface area contributed by atoms with Gasteiger partial charge in [-0.05, 0) is 35.9 Å².